The molecule has 0 saturated carbocycles. The average molecular weight is 166 g/mol. The molecule has 0 aromatic carbocycles. The maximum Gasteiger partial charge on any atom is 0.176 e. The van der Waals surface area contributed by atoms with E-state index in [1.807, 2.05) is 25.5 Å². The van der Waals surface area contributed by atoms with Gasteiger partial charge < -0.3 is 10.3 Å². The van der Waals surface area contributed by atoms with Crippen LogP contribution in [0.3, 0.4) is 0 Å². The van der Waals surface area contributed by atoms with Crippen LogP contribution in [0.4, 0.5) is 5.69 Å². The van der Waals surface area contributed by atoms with Crippen molar-refractivity contribution in [1.29, 1.82) is 0 Å². The van der Waals surface area contributed by atoms with E-state index >= 15 is 0 Å². The van der Waals surface area contributed by atoms with Crippen LogP contribution in [0.1, 0.15) is 28.7 Å². The van der Waals surface area contributed by atoms with Crippen molar-refractivity contribution in [2.45, 2.75) is 20.8 Å². The van der Waals surface area contributed by atoms with Gasteiger partial charge in [-0.25, -0.2) is 0 Å². The van der Waals surface area contributed by atoms with Crippen molar-refractivity contribution in [3.8, 4) is 0 Å². The van der Waals surface area contributed by atoms with Crippen molar-refractivity contribution in [3.63, 3.8) is 0 Å². The van der Waals surface area contributed by atoms with Crippen LogP contribution >= 0.6 is 0 Å². The van der Waals surface area contributed by atoms with E-state index in [-0.39, 0.29) is 5.78 Å². The van der Waals surface area contributed by atoms with Gasteiger partial charge in [0.25, 0.3) is 0 Å². The number of hydrogen-bond donors (Lipinski definition) is 1. The van der Waals surface area contributed by atoms with Crippen molar-refractivity contribution in [2.24, 2.45) is 7.05 Å². The lowest BCUT2D eigenvalue weighted by Crippen LogP contribution is -2.03. The van der Waals surface area contributed by atoms with Gasteiger partial charge in [0.05, 0.1) is 11.4 Å². The first-order valence-electron chi connectivity index (χ1n) is 3.89. The summed E-state index contributed by atoms with van der Waals surface area (Å²) in [5.74, 6) is 0.0646. The molecule has 0 bridgehead atoms. The standard InChI is InChI=1S/C9H14N2O/c1-5-8(10)6(2)11(4)9(5)7(3)12/h10H2,1-4H3. The molecule has 1 heterocycles. The highest BCUT2D eigenvalue weighted by Gasteiger charge is 2.15. The van der Waals surface area contributed by atoms with Crippen LogP contribution in [0.5, 0.6) is 0 Å². The van der Waals surface area contributed by atoms with Crippen LogP contribution in [0.25, 0.3) is 0 Å². The Kier molecular flexibility index (Phi) is 1.96. The molecule has 12 heavy (non-hydrogen) atoms. The third-order valence-corrected chi connectivity index (χ3v) is 2.32. The highest BCUT2D eigenvalue weighted by atomic mass is 16.1. The quantitative estimate of drug-likeness (QED) is 0.641. The first-order valence-corrected chi connectivity index (χ1v) is 3.89. The lowest BCUT2D eigenvalue weighted by Gasteiger charge is -2.00. The fourth-order valence-electron chi connectivity index (χ4n) is 1.50. The van der Waals surface area contributed by atoms with Crippen LogP contribution in [0, 0.1) is 13.8 Å². The van der Waals surface area contributed by atoms with E-state index in [2.05, 4.69) is 0 Å². The zero-order valence-electron chi connectivity index (χ0n) is 7.93. The molecule has 0 aliphatic rings. The summed E-state index contributed by atoms with van der Waals surface area (Å²) in [4.78, 5) is 11.2. The fourth-order valence-corrected chi connectivity index (χ4v) is 1.50. The Morgan fingerprint density at radius 2 is 1.92 bits per heavy atom. The molecule has 0 saturated heterocycles. The number of aromatic nitrogens is 1. The second kappa shape index (κ2) is 2.66. The fraction of sp³-hybridized carbons (Fsp3) is 0.444. The second-order valence-electron chi connectivity index (χ2n) is 3.09. The molecule has 3 nitrogen and oxygen atoms in total. The minimum Gasteiger partial charge on any atom is -0.397 e. The highest BCUT2D eigenvalue weighted by Crippen LogP contribution is 2.22. The third kappa shape index (κ3) is 1.02. The summed E-state index contributed by atoms with van der Waals surface area (Å²) < 4.78 is 1.84. The number of anilines is 1. The molecule has 0 aliphatic heterocycles. The van der Waals surface area contributed by atoms with Crippen LogP contribution in [-0.4, -0.2) is 10.4 Å². The number of ketones is 1. The van der Waals surface area contributed by atoms with Gasteiger partial charge in [0.1, 0.15) is 0 Å². The number of carbonyl (C=O) groups is 1. The van der Waals surface area contributed by atoms with Gasteiger partial charge in [-0.15, -0.1) is 0 Å². The largest absolute Gasteiger partial charge is 0.397 e. The topological polar surface area (TPSA) is 48.0 Å². The molecule has 0 unspecified atom stereocenters. The number of rotatable bonds is 1. The van der Waals surface area contributed by atoms with Gasteiger partial charge in [0.2, 0.25) is 0 Å². The Balaban J connectivity index is 3.48. The minimum absolute atomic E-state index is 0.0646. The molecule has 0 radical (unpaired) electrons. The zero-order valence-corrected chi connectivity index (χ0v) is 7.93. The summed E-state index contributed by atoms with van der Waals surface area (Å²) in [5.41, 5.74) is 9.05. The molecule has 0 aliphatic carbocycles. The van der Waals surface area contributed by atoms with Crippen molar-refractivity contribution in [1.82, 2.24) is 4.57 Å². The summed E-state index contributed by atoms with van der Waals surface area (Å²) in [6.07, 6.45) is 0. The molecule has 66 valence electrons. The zero-order chi connectivity index (χ0) is 9.46. The molecule has 2 N–H and O–H groups in total. The number of nitrogens with two attached hydrogens (primary N) is 1. The maximum atomic E-state index is 11.2. The van der Waals surface area contributed by atoms with E-state index < -0.39 is 0 Å². The lowest BCUT2D eigenvalue weighted by atomic mass is 10.2. The van der Waals surface area contributed by atoms with Gasteiger partial charge in [0.15, 0.2) is 5.78 Å². The van der Waals surface area contributed by atoms with Gasteiger partial charge in [-0.3, -0.25) is 4.79 Å². The van der Waals surface area contributed by atoms with Crippen LogP contribution < -0.4 is 5.73 Å². The minimum atomic E-state index is 0.0646. The second-order valence-corrected chi connectivity index (χ2v) is 3.09. The van der Waals surface area contributed by atoms with Crippen molar-refractivity contribution < 1.29 is 4.79 Å². The average Bonchev–Trinajstić information content (AvgIpc) is 2.16. The first-order chi connectivity index (χ1) is 5.46. The molecule has 1 aromatic heterocycles. The van der Waals surface area contributed by atoms with Crippen molar-refractivity contribution >= 4 is 11.5 Å². The number of carbonyl (C=O) groups excluding carboxylic acids is 1. The van der Waals surface area contributed by atoms with Crippen molar-refractivity contribution in [2.75, 3.05) is 5.73 Å². The monoisotopic (exact) mass is 166 g/mol. The Hall–Kier alpha value is -1.25. The van der Waals surface area contributed by atoms with Crippen molar-refractivity contribution in [3.05, 3.63) is 17.0 Å². The van der Waals surface area contributed by atoms with Gasteiger partial charge in [-0.2, -0.15) is 0 Å². The Labute approximate surface area is 72.2 Å². The molecule has 1 rings (SSSR count). The maximum absolute atomic E-state index is 11.2. The van der Waals surface area contributed by atoms with Crippen LogP contribution in [0.15, 0.2) is 0 Å². The molecule has 1 aromatic rings. The highest BCUT2D eigenvalue weighted by molar-refractivity contribution is 5.96. The van der Waals surface area contributed by atoms with E-state index in [1.54, 1.807) is 6.92 Å². The normalized spacial score (nSPS) is 10.3. The van der Waals surface area contributed by atoms with Gasteiger partial charge in [-0.1, -0.05) is 0 Å². The smallest absolute Gasteiger partial charge is 0.176 e. The Morgan fingerprint density at radius 3 is 2.08 bits per heavy atom. The summed E-state index contributed by atoms with van der Waals surface area (Å²) in [6, 6.07) is 0. The first kappa shape index (κ1) is 8.84. The van der Waals surface area contributed by atoms with Gasteiger partial charge >= 0.3 is 0 Å². The van der Waals surface area contributed by atoms with E-state index in [4.69, 9.17) is 5.73 Å². The predicted octanol–water partition coefficient (Wildman–Crippen LogP) is 1.43. The number of Topliss-reactive ketones (excluding diaryl/α,β-unsaturated/α-hetero) is 1. The van der Waals surface area contributed by atoms with Crippen LogP contribution in [-0.2, 0) is 7.05 Å². The Morgan fingerprint density at radius 1 is 1.42 bits per heavy atom. The number of hydrogen-bond acceptors (Lipinski definition) is 2. The molecule has 0 amide bonds. The predicted molar refractivity (Wildman–Crippen MR) is 49.3 cm³/mol. The number of nitrogen functional groups attached to an aromatic ring is 1. The SMILES string of the molecule is CC(=O)c1c(C)c(N)c(C)n1C. The third-order valence-electron chi connectivity index (χ3n) is 2.32. The van der Waals surface area contributed by atoms with E-state index in [9.17, 15) is 4.79 Å². The van der Waals surface area contributed by atoms with Crippen LogP contribution in [0.2, 0.25) is 0 Å². The lowest BCUT2D eigenvalue weighted by molar-refractivity contribution is 0.100. The van der Waals surface area contributed by atoms with E-state index in [1.165, 1.54) is 0 Å². The summed E-state index contributed by atoms with van der Waals surface area (Å²) in [6.45, 7) is 5.34. The Bertz CT molecular complexity index is 311. The van der Waals surface area contributed by atoms with Gasteiger partial charge in [-0.05, 0) is 13.8 Å². The molecule has 0 atom stereocenters. The molecule has 0 fully saturated rings. The van der Waals surface area contributed by atoms with E-state index in [0.717, 1.165) is 16.9 Å². The molecule has 3 heteroatoms. The summed E-state index contributed by atoms with van der Waals surface area (Å²) in [7, 11) is 1.86. The molecular weight excluding hydrogens is 152 g/mol. The molecular formula is C9H14N2O. The number of nitrogens with zero attached hydrogens (tertiary/aromatic N) is 1. The summed E-state index contributed by atoms with van der Waals surface area (Å²) in [5, 5.41) is 0. The summed E-state index contributed by atoms with van der Waals surface area (Å²) >= 11 is 0. The molecule has 0 spiro atoms. The van der Waals surface area contributed by atoms with Gasteiger partial charge in [0, 0.05) is 25.2 Å². The van der Waals surface area contributed by atoms with E-state index in [0.29, 0.717) is 5.69 Å².